The lowest BCUT2D eigenvalue weighted by Gasteiger charge is -2.51. The van der Waals surface area contributed by atoms with Crippen molar-refractivity contribution in [2.75, 3.05) is 24.3 Å². The Morgan fingerprint density at radius 3 is 1.48 bits per heavy atom. The number of halogens is 2. The van der Waals surface area contributed by atoms with E-state index in [1.54, 1.807) is 42.6 Å². The molecule has 5 amide bonds. The molecule has 6 fully saturated rings. The van der Waals surface area contributed by atoms with Gasteiger partial charge in [0.25, 0.3) is 11.8 Å². The minimum atomic E-state index is -0.708. The standard InChI is InChI=1S/C25H27FN6O4.C25H26FN5O4/c26-17-3-1-16(2-4-17)14-27-21(33)18-13-20(32-19(30-18)5-12-29-32)31-23(36)28-15-24-6-9-25(10-7-24,11-8-24)22(34)35;1-35-23(34)25-10-7-24(8-11-25,9-12-25)22(33)30-20-14-18(29-19-6-13-28-31(19)20)21(32)27-15-16-2-4-17(26)5-3-16/h1-5,12-13H,6-11,14-15H2,(H,27,33)(H,34,35)(H2,28,31,36);2-6,13-14H,7-12,15H2,1H3,(H,27,32)(H,30,33). The molecule has 0 radical (unpaired) electrons. The number of carboxylic acid groups (broad SMARTS) is 1. The second-order valence-electron chi connectivity index (χ2n) is 19.3. The van der Waals surface area contributed by atoms with E-state index in [0.29, 0.717) is 81.4 Å². The highest BCUT2D eigenvalue weighted by molar-refractivity contribution is 5.98. The highest BCUT2D eigenvalue weighted by Gasteiger charge is 2.56. The fraction of sp³-hybridized carbons (Fsp3) is 0.400. The fourth-order valence-corrected chi connectivity index (χ4v) is 10.6. The predicted molar refractivity (Wildman–Crippen MR) is 252 cm³/mol. The van der Waals surface area contributed by atoms with Gasteiger partial charge in [-0.1, -0.05) is 24.3 Å². The molecule has 0 aliphatic heterocycles. The van der Waals surface area contributed by atoms with Gasteiger partial charge in [-0.05, 0) is 118 Å². The molecular weight excluding hydrogens is 921 g/mol. The second-order valence-corrected chi connectivity index (χ2v) is 19.3. The van der Waals surface area contributed by atoms with E-state index in [4.69, 9.17) is 4.74 Å². The SMILES string of the molecule is COC(=O)C12CCC(C(=O)Nc3cc(C(=O)NCc4ccc(F)cc4)nc4ccnn34)(CC1)CC2.O=C(NCC12CCC(C(=O)O)(CC1)CC2)Nc1cc(C(=O)NCc2ccc(F)cc2)nc2ccnn12. The van der Waals surface area contributed by atoms with Crippen LogP contribution < -0.4 is 26.6 Å². The third-order valence-electron chi connectivity index (χ3n) is 15.2. The van der Waals surface area contributed by atoms with Crippen LogP contribution in [0.25, 0.3) is 11.3 Å². The highest BCUT2D eigenvalue weighted by Crippen LogP contribution is 2.58. The Morgan fingerprint density at radius 2 is 1.03 bits per heavy atom. The lowest BCUT2D eigenvalue weighted by molar-refractivity contribution is -0.165. The molecule has 0 unspecified atom stereocenters. The third-order valence-corrected chi connectivity index (χ3v) is 15.2. The molecule has 0 spiro atoms. The number of hydrogen-bond donors (Lipinski definition) is 6. The van der Waals surface area contributed by atoms with Crippen LogP contribution in [0.15, 0.2) is 85.2 Å². The first-order valence-corrected chi connectivity index (χ1v) is 23.5. The number of urea groups is 1. The van der Waals surface area contributed by atoms with Crippen LogP contribution in [0.3, 0.4) is 0 Å². The van der Waals surface area contributed by atoms with E-state index >= 15 is 0 Å². The average molecular weight is 974 g/mol. The number of hydrogen-bond acceptors (Lipinski definition) is 11. The van der Waals surface area contributed by atoms with E-state index in [2.05, 4.69) is 46.7 Å². The largest absolute Gasteiger partial charge is 0.481 e. The summed E-state index contributed by atoms with van der Waals surface area (Å²) in [4.78, 5) is 84.4. The number of benzene rings is 2. The Hall–Kier alpha value is -7.84. The minimum absolute atomic E-state index is 0.0841. The van der Waals surface area contributed by atoms with Crippen LogP contribution >= 0.6 is 0 Å². The number of carbonyl (C=O) groups excluding carboxylic acids is 5. The summed E-state index contributed by atoms with van der Waals surface area (Å²) < 4.78 is 34.1. The van der Waals surface area contributed by atoms with Crippen molar-refractivity contribution in [3.05, 3.63) is 119 Å². The maximum Gasteiger partial charge on any atom is 0.320 e. The van der Waals surface area contributed by atoms with Crippen LogP contribution in [0.2, 0.25) is 0 Å². The van der Waals surface area contributed by atoms with Gasteiger partial charge in [-0.15, -0.1) is 0 Å². The van der Waals surface area contributed by atoms with Crippen LogP contribution in [0.4, 0.5) is 25.2 Å². The molecule has 4 aromatic heterocycles. The summed E-state index contributed by atoms with van der Waals surface area (Å²) in [6.07, 6.45) is 11.0. The molecule has 12 rings (SSSR count). The van der Waals surface area contributed by atoms with Crippen molar-refractivity contribution < 1.29 is 47.4 Å². The number of methoxy groups -OCH3 is 1. The smallest absolute Gasteiger partial charge is 0.320 e. The first-order valence-electron chi connectivity index (χ1n) is 23.5. The van der Waals surface area contributed by atoms with E-state index in [0.717, 1.165) is 30.4 Å². The number of nitrogens with one attached hydrogen (secondary N) is 5. The molecule has 0 saturated heterocycles. The lowest BCUT2D eigenvalue weighted by atomic mass is 9.53. The number of nitrogens with zero attached hydrogens (tertiary/aromatic N) is 6. The summed E-state index contributed by atoms with van der Waals surface area (Å²) >= 11 is 0. The number of fused-ring (bicyclic) bond motifs is 8. The molecule has 21 heteroatoms. The van der Waals surface area contributed by atoms with Crippen molar-refractivity contribution in [2.45, 2.75) is 90.1 Å². The molecule has 71 heavy (non-hydrogen) atoms. The molecule has 19 nitrogen and oxygen atoms in total. The van der Waals surface area contributed by atoms with Crippen LogP contribution in [0.1, 0.15) is 109 Å². The molecule has 6 N–H and O–H groups in total. The van der Waals surface area contributed by atoms with Crippen molar-refractivity contribution in [3.8, 4) is 0 Å². The topological polar surface area (TPSA) is 252 Å². The predicted octanol–water partition coefficient (Wildman–Crippen LogP) is 6.60. The summed E-state index contributed by atoms with van der Waals surface area (Å²) in [5.74, 6) is -1.98. The molecule has 6 aliphatic rings. The average Bonchev–Trinajstić information content (AvgIpc) is 4.09. The number of carboxylic acids is 1. The summed E-state index contributed by atoms with van der Waals surface area (Å²) in [7, 11) is 1.41. The molecule has 4 heterocycles. The van der Waals surface area contributed by atoms with Gasteiger partial charge in [-0.2, -0.15) is 19.2 Å². The zero-order valence-corrected chi connectivity index (χ0v) is 38.9. The minimum Gasteiger partial charge on any atom is -0.481 e. The number of aromatic nitrogens is 6. The molecule has 6 saturated carbocycles. The van der Waals surface area contributed by atoms with Gasteiger partial charge in [0.05, 0.1) is 30.3 Å². The molecule has 4 bridgehead atoms. The second kappa shape index (κ2) is 19.5. The Bertz CT molecular complexity index is 2980. The monoisotopic (exact) mass is 973 g/mol. The van der Waals surface area contributed by atoms with Crippen LogP contribution in [-0.4, -0.2) is 83.6 Å². The number of carbonyl (C=O) groups is 6. The quantitative estimate of drug-likeness (QED) is 0.0670. The number of rotatable bonds is 13. The lowest BCUT2D eigenvalue weighted by Crippen LogP contribution is -2.51. The number of aliphatic carboxylic acids is 1. The molecule has 370 valence electrons. The van der Waals surface area contributed by atoms with Crippen molar-refractivity contribution in [2.24, 2.45) is 21.7 Å². The maximum atomic E-state index is 13.5. The van der Waals surface area contributed by atoms with Gasteiger partial charge < -0.3 is 31.1 Å². The number of ether oxygens (including phenoxy) is 1. The fourth-order valence-electron chi connectivity index (χ4n) is 10.6. The Labute approximate surface area is 405 Å². The highest BCUT2D eigenvalue weighted by atomic mass is 19.1. The number of amides is 5. The third kappa shape index (κ3) is 9.98. The van der Waals surface area contributed by atoms with Crippen molar-refractivity contribution in [3.63, 3.8) is 0 Å². The van der Waals surface area contributed by atoms with Crippen LogP contribution in [0, 0.1) is 33.3 Å². The van der Waals surface area contributed by atoms with Gasteiger partial charge in [0.2, 0.25) is 5.91 Å². The van der Waals surface area contributed by atoms with E-state index in [9.17, 15) is 42.7 Å². The zero-order chi connectivity index (χ0) is 50.0. The van der Waals surface area contributed by atoms with Gasteiger partial charge in [0, 0.05) is 49.3 Å². The van der Waals surface area contributed by atoms with Crippen LogP contribution in [0.5, 0.6) is 0 Å². The maximum absolute atomic E-state index is 13.5. The van der Waals surface area contributed by atoms with Gasteiger partial charge in [0.15, 0.2) is 11.3 Å². The number of esters is 1. The summed E-state index contributed by atoms with van der Waals surface area (Å²) in [6.45, 7) is 0.852. The Kier molecular flexibility index (Phi) is 13.2. The summed E-state index contributed by atoms with van der Waals surface area (Å²) in [5.41, 5.74) is 0.802. The first kappa shape index (κ1) is 48.2. The van der Waals surface area contributed by atoms with Gasteiger partial charge >= 0.3 is 18.0 Å². The molecule has 2 aromatic carbocycles. The van der Waals surface area contributed by atoms with E-state index in [1.807, 2.05) is 0 Å². The Balaban J connectivity index is 0.000000176. The normalized spacial score (nSPS) is 23.0. The first-order chi connectivity index (χ1) is 34.1. The molecule has 6 aromatic rings. The molecule has 0 atom stereocenters. The molecular formula is C50H53F2N11O8. The van der Waals surface area contributed by atoms with Crippen molar-refractivity contribution >= 4 is 58.6 Å². The summed E-state index contributed by atoms with van der Waals surface area (Å²) in [5, 5.41) is 32.2. The van der Waals surface area contributed by atoms with Gasteiger partial charge in [0.1, 0.15) is 34.7 Å². The van der Waals surface area contributed by atoms with Gasteiger partial charge in [-0.25, -0.2) is 23.5 Å². The number of anilines is 2. The van der Waals surface area contributed by atoms with E-state index in [-0.39, 0.29) is 59.2 Å². The van der Waals surface area contributed by atoms with Crippen LogP contribution in [-0.2, 0) is 32.2 Å². The zero-order valence-electron chi connectivity index (χ0n) is 38.9. The Morgan fingerprint density at radius 1 is 0.592 bits per heavy atom. The van der Waals surface area contributed by atoms with Crippen molar-refractivity contribution in [1.82, 2.24) is 45.1 Å². The van der Waals surface area contributed by atoms with E-state index < -0.39 is 40.1 Å². The van der Waals surface area contributed by atoms with E-state index in [1.165, 1.54) is 58.7 Å². The van der Waals surface area contributed by atoms with Crippen molar-refractivity contribution in [1.29, 1.82) is 0 Å². The van der Waals surface area contributed by atoms with Gasteiger partial charge in [-0.3, -0.25) is 29.3 Å². The molecule has 6 aliphatic carbocycles. The summed E-state index contributed by atoms with van der Waals surface area (Å²) in [6, 6.07) is 17.4.